The van der Waals surface area contributed by atoms with Crippen LogP contribution < -0.4 is 15.6 Å². The molecule has 1 amide bonds. The van der Waals surface area contributed by atoms with Gasteiger partial charge in [-0.05, 0) is 36.6 Å². The molecule has 0 unspecified atom stereocenters. The number of methoxy groups -OCH3 is 1. The predicted molar refractivity (Wildman–Crippen MR) is 94.2 cm³/mol. The normalized spacial score (nSPS) is 11.8. The molecule has 5 heteroatoms. The number of aryl methyl sites for hydroxylation is 1. The Morgan fingerprint density at radius 1 is 1.25 bits per heavy atom. The molecule has 5 nitrogen and oxygen atoms in total. The summed E-state index contributed by atoms with van der Waals surface area (Å²) in [6, 6.07) is 11.4. The summed E-state index contributed by atoms with van der Waals surface area (Å²) in [6.07, 6.45) is 3.75. The highest BCUT2D eigenvalue weighted by Crippen LogP contribution is 2.14. The first kappa shape index (κ1) is 17.8. The third-order valence-electron chi connectivity index (χ3n) is 3.92. The lowest BCUT2D eigenvalue weighted by atomic mass is 10.0. The van der Waals surface area contributed by atoms with Crippen molar-refractivity contribution in [2.75, 3.05) is 7.11 Å². The van der Waals surface area contributed by atoms with Crippen LogP contribution in [0, 0.1) is 0 Å². The number of rotatable bonds is 7. The number of hydrogen-bond donors (Lipinski definition) is 1. The van der Waals surface area contributed by atoms with E-state index in [0.717, 1.165) is 18.4 Å². The molecule has 0 radical (unpaired) electrons. The van der Waals surface area contributed by atoms with E-state index >= 15 is 0 Å². The van der Waals surface area contributed by atoms with Gasteiger partial charge >= 0.3 is 0 Å². The van der Waals surface area contributed by atoms with Crippen LogP contribution >= 0.6 is 0 Å². The van der Waals surface area contributed by atoms with Crippen LogP contribution in [0.1, 0.15) is 37.4 Å². The topological polar surface area (TPSA) is 60.3 Å². The van der Waals surface area contributed by atoms with E-state index in [-0.39, 0.29) is 29.8 Å². The fraction of sp³-hybridized carbons (Fsp3) is 0.368. The van der Waals surface area contributed by atoms with Gasteiger partial charge in [-0.3, -0.25) is 9.59 Å². The summed E-state index contributed by atoms with van der Waals surface area (Å²) >= 11 is 0. The van der Waals surface area contributed by atoms with Crippen molar-refractivity contribution in [3.63, 3.8) is 0 Å². The van der Waals surface area contributed by atoms with E-state index in [2.05, 4.69) is 24.4 Å². The summed E-state index contributed by atoms with van der Waals surface area (Å²) in [5.41, 5.74) is 2.02. The Morgan fingerprint density at radius 2 is 1.96 bits per heavy atom. The summed E-state index contributed by atoms with van der Waals surface area (Å²) in [5.74, 6) is 0.0142. The van der Waals surface area contributed by atoms with Crippen molar-refractivity contribution in [3.8, 4) is 5.75 Å². The van der Waals surface area contributed by atoms with Crippen molar-refractivity contribution >= 4 is 5.91 Å². The first-order chi connectivity index (χ1) is 11.5. The van der Waals surface area contributed by atoms with E-state index in [1.807, 2.05) is 19.1 Å². The van der Waals surface area contributed by atoms with E-state index in [1.54, 1.807) is 18.3 Å². The number of carbonyl (C=O) groups excluding carboxylic acids is 1. The average Bonchev–Trinajstić information content (AvgIpc) is 2.57. The number of nitrogens with one attached hydrogen (secondary N) is 1. The molecule has 1 N–H and O–H groups in total. The maximum Gasteiger partial charge on any atom is 0.293 e. The van der Waals surface area contributed by atoms with Crippen molar-refractivity contribution in [2.45, 2.75) is 39.3 Å². The van der Waals surface area contributed by atoms with Gasteiger partial charge < -0.3 is 14.6 Å². The van der Waals surface area contributed by atoms with Crippen LogP contribution in [-0.4, -0.2) is 17.6 Å². The van der Waals surface area contributed by atoms with E-state index in [9.17, 15) is 9.59 Å². The number of hydrogen-bond acceptors (Lipinski definition) is 3. The van der Waals surface area contributed by atoms with Crippen molar-refractivity contribution < 1.29 is 9.53 Å². The van der Waals surface area contributed by atoms with E-state index in [1.165, 1.54) is 17.2 Å². The fourth-order valence-electron chi connectivity index (χ4n) is 2.58. The van der Waals surface area contributed by atoms with Crippen LogP contribution in [-0.2, 0) is 17.8 Å². The Labute approximate surface area is 142 Å². The zero-order valence-corrected chi connectivity index (χ0v) is 14.4. The molecular weight excluding hydrogens is 304 g/mol. The number of pyridine rings is 1. The quantitative estimate of drug-likeness (QED) is 0.850. The molecule has 0 saturated carbocycles. The molecule has 1 atom stereocenters. The molecule has 0 aliphatic carbocycles. The minimum atomic E-state index is -0.313. The number of ether oxygens (including phenoxy) is 1. The molecule has 128 valence electrons. The Balaban J connectivity index is 2.00. The third kappa shape index (κ3) is 4.47. The number of benzene rings is 1. The zero-order chi connectivity index (χ0) is 17.5. The van der Waals surface area contributed by atoms with Crippen LogP contribution in [0.3, 0.4) is 0 Å². The summed E-state index contributed by atoms with van der Waals surface area (Å²) < 4.78 is 6.32. The Morgan fingerprint density at radius 3 is 2.58 bits per heavy atom. The van der Waals surface area contributed by atoms with Crippen molar-refractivity contribution in [3.05, 3.63) is 64.1 Å². The number of amides is 1. The summed E-state index contributed by atoms with van der Waals surface area (Å²) in [7, 11) is 1.44. The van der Waals surface area contributed by atoms with Gasteiger partial charge in [0.1, 0.15) is 6.54 Å². The minimum absolute atomic E-state index is 0.0334. The molecule has 2 aromatic rings. The van der Waals surface area contributed by atoms with Gasteiger partial charge in [0.15, 0.2) is 5.75 Å². The van der Waals surface area contributed by atoms with Crippen LogP contribution in [0.2, 0.25) is 0 Å². The van der Waals surface area contributed by atoms with Gasteiger partial charge in [0, 0.05) is 6.20 Å². The van der Waals surface area contributed by atoms with E-state index in [4.69, 9.17) is 4.74 Å². The molecule has 0 saturated heterocycles. The highest BCUT2D eigenvalue weighted by atomic mass is 16.5. The van der Waals surface area contributed by atoms with Gasteiger partial charge in [0.2, 0.25) is 5.91 Å². The number of carbonyl (C=O) groups is 1. The molecule has 0 bridgehead atoms. The first-order valence-electron chi connectivity index (χ1n) is 8.16. The molecule has 1 aromatic carbocycles. The lowest BCUT2D eigenvalue weighted by Crippen LogP contribution is -2.33. The lowest BCUT2D eigenvalue weighted by Gasteiger charge is -2.15. The SMILES string of the molecule is CCCc1ccc([C@@H](C)NC(=O)Cn2cccc(OC)c2=O)cc1. The molecule has 24 heavy (non-hydrogen) atoms. The van der Waals surface area contributed by atoms with Crippen molar-refractivity contribution in [2.24, 2.45) is 0 Å². The average molecular weight is 328 g/mol. The molecule has 0 spiro atoms. The molecule has 0 fully saturated rings. The van der Waals surface area contributed by atoms with Crippen molar-refractivity contribution in [1.29, 1.82) is 0 Å². The summed E-state index contributed by atoms with van der Waals surface area (Å²) in [5, 5.41) is 2.92. The second-order valence-electron chi connectivity index (χ2n) is 5.79. The monoisotopic (exact) mass is 328 g/mol. The first-order valence-corrected chi connectivity index (χ1v) is 8.16. The Kier molecular flexibility index (Phi) is 6.18. The second-order valence-corrected chi connectivity index (χ2v) is 5.79. The molecular formula is C19H24N2O3. The van der Waals surface area contributed by atoms with E-state index < -0.39 is 0 Å². The van der Waals surface area contributed by atoms with Crippen LogP contribution in [0.25, 0.3) is 0 Å². The van der Waals surface area contributed by atoms with E-state index in [0.29, 0.717) is 0 Å². The molecule has 0 aliphatic rings. The van der Waals surface area contributed by atoms with Gasteiger partial charge in [0.25, 0.3) is 5.56 Å². The van der Waals surface area contributed by atoms with Crippen LogP contribution in [0.15, 0.2) is 47.4 Å². The molecule has 1 aromatic heterocycles. The maximum atomic E-state index is 12.2. The Bertz CT molecular complexity index is 735. The minimum Gasteiger partial charge on any atom is -0.491 e. The molecule has 1 heterocycles. The number of aromatic nitrogens is 1. The highest BCUT2D eigenvalue weighted by molar-refractivity contribution is 5.76. The lowest BCUT2D eigenvalue weighted by molar-refractivity contribution is -0.122. The maximum absolute atomic E-state index is 12.2. The predicted octanol–water partition coefficient (Wildman–Crippen LogP) is 2.69. The van der Waals surface area contributed by atoms with Crippen LogP contribution in [0.4, 0.5) is 0 Å². The van der Waals surface area contributed by atoms with Gasteiger partial charge in [0.05, 0.1) is 13.2 Å². The van der Waals surface area contributed by atoms with Crippen LogP contribution in [0.5, 0.6) is 5.75 Å². The van der Waals surface area contributed by atoms with Gasteiger partial charge in [-0.25, -0.2) is 0 Å². The van der Waals surface area contributed by atoms with Gasteiger partial charge in [-0.15, -0.1) is 0 Å². The smallest absolute Gasteiger partial charge is 0.293 e. The molecule has 0 aliphatic heterocycles. The third-order valence-corrected chi connectivity index (χ3v) is 3.92. The second kappa shape index (κ2) is 8.34. The standard InChI is InChI=1S/C19H24N2O3/c1-4-6-15-8-10-16(11-9-15)14(2)20-18(22)13-21-12-5-7-17(24-3)19(21)23/h5,7-12,14H,4,6,13H2,1-3H3,(H,20,22)/t14-/m1/s1. The molecule has 2 rings (SSSR count). The highest BCUT2D eigenvalue weighted by Gasteiger charge is 2.12. The number of nitrogens with zero attached hydrogens (tertiary/aromatic N) is 1. The fourth-order valence-corrected chi connectivity index (χ4v) is 2.58. The largest absolute Gasteiger partial charge is 0.491 e. The van der Waals surface area contributed by atoms with Crippen molar-refractivity contribution in [1.82, 2.24) is 9.88 Å². The Hall–Kier alpha value is -2.56. The van der Waals surface area contributed by atoms with Gasteiger partial charge in [-0.2, -0.15) is 0 Å². The zero-order valence-electron chi connectivity index (χ0n) is 14.4. The van der Waals surface area contributed by atoms with Gasteiger partial charge in [-0.1, -0.05) is 37.6 Å². The summed E-state index contributed by atoms with van der Waals surface area (Å²) in [6.45, 7) is 4.05. The summed E-state index contributed by atoms with van der Waals surface area (Å²) in [4.78, 5) is 24.3.